The van der Waals surface area contributed by atoms with Gasteiger partial charge in [-0.1, -0.05) is 102 Å². The average molecular weight is 509 g/mol. The SMILES string of the molecule is CC1(C)C(C=C(Cl)Cl)C1C(=O)OC(c1cccc(Oc2ccccc2)c1)C(Cl)(Cl)Cl. The molecule has 0 amide bonds. The van der Waals surface area contributed by atoms with Gasteiger partial charge >= 0.3 is 5.97 Å². The maximum atomic E-state index is 12.9. The largest absolute Gasteiger partial charge is 0.457 e. The van der Waals surface area contributed by atoms with Crippen LogP contribution in [0.3, 0.4) is 0 Å². The average Bonchev–Trinajstić information content (AvgIpc) is 3.19. The molecule has 3 nitrogen and oxygen atoms in total. The van der Waals surface area contributed by atoms with Crippen LogP contribution in [0.1, 0.15) is 25.5 Å². The quantitative estimate of drug-likeness (QED) is 0.293. The van der Waals surface area contributed by atoms with Crippen LogP contribution in [0.15, 0.2) is 65.2 Å². The molecular weight excluding hydrogens is 490 g/mol. The summed E-state index contributed by atoms with van der Waals surface area (Å²) in [5.41, 5.74) is 0.139. The van der Waals surface area contributed by atoms with Gasteiger partial charge in [-0.05, 0) is 41.7 Å². The molecule has 1 fully saturated rings. The molecule has 0 saturated heterocycles. The third kappa shape index (κ3) is 5.57. The van der Waals surface area contributed by atoms with Gasteiger partial charge in [-0.25, -0.2) is 0 Å². The molecule has 0 heterocycles. The van der Waals surface area contributed by atoms with Crippen LogP contribution < -0.4 is 4.74 Å². The zero-order valence-corrected chi connectivity index (χ0v) is 19.9. The van der Waals surface area contributed by atoms with Gasteiger partial charge in [0.1, 0.15) is 16.0 Å². The smallest absolute Gasteiger partial charge is 0.310 e. The Balaban J connectivity index is 1.81. The van der Waals surface area contributed by atoms with E-state index in [9.17, 15) is 4.79 Å². The molecule has 3 atom stereocenters. The first-order valence-corrected chi connectivity index (χ1v) is 11.0. The Hall–Kier alpha value is -1.10. The number of hydrogen-bond acceptors (Lipinski definition) is 3. The molecule has 2 aromatic rings. The van der Waals surface area contributed by atoms with Gasteiger partial charge in [-0.15, -0.1) is 0 Å². The number of ether oxygens (including phenoxy) is 2. The zero-order valence-electron chi connectivity index (χ0n) is 16.1. The fraction of sp³-hybridized carbons (Fsp3) is 0.318. The molecule has 1 aliphatic carbocycles. The summed E-state index contributed by atoms with van der Waals surface area (Å²) in [6.45, 7) is 3.85. The van der Waals surface area contributed by atoms with Gasteiger partial charge in [0.05, 0.1) is 5.92 Å². The van der Waals surface area contributed by atoms with Gasteiger partial charge in [0, 0.05) is 5.56 Å². The normalized spacial score (nSPS) is 20.8. The minimum atomic E-state index is -1.88. The summed E-state index contributed by atoms with van der Waals surface area (Å²) in [4.78, 5) is 12.9. The summed E-state index contributed by atoms with van der Waals surface area (Å²) < 4.78 is 9.73. The highest BCUT2D eigenvalue weighted by Gasteiger charge is 2.62. The predicted molar refractivity (Wildman–Crippen MR) is 123 cm³/mol. The molecule has 0 N–H and O–H groups in total. The summed E-state index contributed by atoms with van der Waals surface area (Å²) in [6.07, 6.45) is 0.509. The van der Waals surface area contributed by atoms with Crippen molar-refractivity contribution in [3.05, 3.63) is 70.7 Å². The number of carbonyl (C=O) groups is 1. The van der Waals surface area contributed by atoms with Crippen LogP contribution in [-0.4, -0.2) is 9.76 Å². The molecule has 0 spiro atoms. The van der Waals surface area contributed by atoms with Gasteiger partial charge in [0.2, 0.25) is 3.79 Å². The van der Waals surface area contributed by atoms with Crippen molar-refractivity contribution in [3.8, 4) is 11.5 Å². The Morgan fingerprint density at radius 2 is 1.67 bits per heavy atom. The molecule has 8 heteroatoms. The highest BCUT2D eigenvalue weighted by molar-refractivity contribution is 6.68. The monoisotopic (exact) mass is 506 g/mol. The molecule has 0 radical (unpaired) electrons. The molecule has 3 rings (SSSR count). The third-order valence-electron chi connectivity index (χ3n) is 5.14. The number of carbonyl (C=O) groups excluding carboxylic acids is 1. The van der Waals surface area contributed by atoms with Crippen LogP contribution in [-0.2, 0) is 9.53 Å². The van der Waals surface area contributed by atoms with Crippen LogP contribution >= 0.6 is 58.0 Å². The van der Waals surface area contributed by atoms with Crippen LogP contribution in [0.5, 0.6) is 11.5 Å². The number of allylic oxidation sites excluding steroid dienone is 1. The summed E-state index contributed by atoms with van der Waals surface area (Å²) in [5.74, 6) is 0.101. The van der Waals surface area contributed by atoms with Crippen LogP contribution in [0.4, 0.5) is 0 Å². The van der Waals surface area contributed by atoms with E-state index in [-0.39, 0.29) is 15.8 Å². The first kappa shape index (κ1) is 23.6. The van der Waals surface area contributed by atoms with E-state index in [1.54, 1.807) is 30.3 Å². The van der Waals surface area contributed by atoms with Crippen molar-refractivity contribution in [2.24, 2.45) is 17.3 Å². The number of rotatable bonds is 6. The molecule has 30 heavy (non-hydrogen) atoms. The standard InChI is InChI=1S/C22H19Cl5O3/c1-21(2)16(12-17(23)24)18(21)20(28)30-19(22(25,26)27)13-7-6-10-15(11-13)29-14-8-4-3-5-9-14/h3-12,16,18-19H,1-2H3. The molecular formula is C22H19Cl5O3. The fourth-order valence-corrected chi connectivity index (χ4v) is 4.24. The number of esters is 1. The second-order valence-corrected chi connectivity index (χ2v) is 11.0. The van der Waals surface area contributed by atoms with E-state index in [1.807, 2.05) is 44.2 Å². The topological polar surface area (TPSA) is 35.5 Å². The zero-order chi connectivity index (χ0) is 22.1. The Labute approximate surface area is 200 Å². The second kappa shape index (κ2) is 9.18. The first-order chi connectivity index (χ1) is 14.0. The van der Waals surface area contributed by atoms with Crippen LogP contribution in [0, 0.1) is 17.3 Å². The van der Waals surface area contributed by atoms with E-state index in [0.29, 0.717) is 17.1 Å². The molecule has 1 aliphatic rings. The summed E-state index contributed by atoms with van der Waals surface area (Å²) >= 11 is 30.0. The minimum absolute atomic E-state index is 0.104. The Kier molecular flexibility index (Phi) is 7.21. The van der Waals surface area contributed by atoms with Crippen molar-refractivity contribution in [3.63, 3.8) is 0 Å². The van der Waals surface area contributed by atoms with Crippen LogP contribution in [0.25, 0.3) is 0 Å². The van der Waals surface area contributed by atoms with E-state index in [0.717, 1.165) is 0 Å². The molecule has 1 saturated carbocycles. The number of para-hydroxylation sites is 1. The molecule has 0 aromatic heterocycles. The maximum Gasteiger partial charge on any atom is 0.310 e. The van der Waals surface area contributed by atoms with Crippen molar-refractivity contribution in [2.75, 3.05) is 0 Å². The fourth-order valence-electron chi connectivity index (χ4n) is 3.45. The van der Waals surface area contributed by atoms with E-state index < -0.39 is 21.8 Å². The lowest BCUT2D eigenvalue weighted by Crippen LogP contribution is -2.25. The van der Waals surface area contributed by atoms with Gasteiger partial charge in [-0.3, -0.25) is 4.79 Å². The van der Waals surface area contributed by atoms with E-state index in [4.69, 9.17) is 67.5 Å². The molecule has 2 aromatic carbocycles. The summed E-state index contributed by atoms with van der Waals surface area (Å²) in [7, 11) is 0. The van der Waals surface area contributed by atoms with Crippen LogP contribution in [0.2, 0.25) is 0 Å². The van der Waals surface area contributed by atoms with Crippen molar-refractivity contribution < 1.29 is 14.3 Å². The molecule has 0 bridgehead atoms. The van der Waals surface area contributed by atoms with Crippen molar-refractivity contribution in [2.45, 2.75) is 23.7 Å². The predicted octanol–water partition coefficient (Wildman–Crippen LogP) is 8.02. The van der Waals surface area contributed by atoms with E-state index in [1.165, 1.54) is 0 Å². The van der Waals surface area contributed by atoms with Gasteiger partial charge in [0.25, 0.3) is 0 Å². The van der Waals surface area contributed by atoms with Crippen molar-refractivity contribution in [1.29, 1.82) is 0 Å². The summed E-state index contributed by atoms with van der Waals surface area (Å²) in [6, 6.07) is 16.2. The highest BCUT2D eigenvalue weighted by atomic mass is 35.6. The number of alkyl halides is 3. The van der Waals surface area contributed by atoms with Gasteiger partial charge in [0.15, 0.2) is 6.10 Å². The lowest BCUT2D eigenvalue weighted by molar-refractivity contribution is -0.152. The number of benzene rings is 2. The Bertz CT molecular complexity index is 933. The lowest BCUT2D eigenvalue weighted by Gasteiger charge is -2.25. The van der Waals surface area contributed by atoms with Gasteiger partial charge in [-0.2, -0.15) is 0 Å². The van der Waals surface area contributed by atoms with E-state index >= 15 is 0 Å². The molecule has 0 aliphatic heterocycles. The number of hydrogen-bond donors (Lipinski definition) is 0. The minimum Gasteiger partial charge on any atom is -0.457 e. The van der Waals surface area contributed by atoms with Crippen molar-refractivity contribution >= 4 is 64.0 Å². The Morgan fingerprint density at radius 1 is 1.03 bits per heavy atom. The van der Waals surface area contributed by atoms with Crippen molar-refractivity contribution in [1.82, 2.24) is 0 Å². The van der Waals surface area contributed by atoms with Gasteiger partial charge < -0.3 is 9.47 Å². The number of halogens is 5. The van der Waals surface area contributed by atoms with E-state index in [2.05, 4.69) is 0 Å². The second-order valence-electron chi connectivity index (χ2n) is 7.63. The highest BCUT2D eigenvalue weighted by Crippen LogP contribution is 2.61. The third-order valence-corrected chi connectivity index (χ3v) is 5.99. The maximum absolute atomic E-state index is 12.9. The molecule has 3 unspecified atom stereocenters. The molecule has 160 valence electrons. The summed E-state index contributed by atoms with van der Waals surface area (Å²) in [5, 5.41) is 0. The first-order valence-electron chi connectivity index (χ1n) is 9.13. The lowest BCUT2D eigenvalue weighted by atomic mass is 10.1. The Morgan fingerprint density at radius 3 is 2.27 bits per heavy atom.